The summed E-state index contributed by atoms with van der Waals surface area (Å²) in [6.45, 7) is 1.16. The molecule has 0 atom stereocenters. The smallest absolute Gasteiger partial charge is 0.423 e. The summed E-state index contributed by atoms with van der Waals surface area (Å²) in [5.74, 6) is 0.483. The average Bonchev–Trinajstić information content (AvgIpc) is 2.38. The number of nitrogens with zero attached hydrogens (tertiary/aromatic N) is 3. The van der Waals surface area contributed by atoms with Crippen molar-refractivity contribution in [1.82, 2.24) is 9.97 Å². The van der Waals surface area contributed by atoms with Crippen molar-refractivity contribution in [2.45, 2.75) is 18.1 Å². The number of hydrogen-bond acceptors (Lipinski definition) is 7. The maximum Gasteiger partial charge on any atom is 0.491 e. The van der Waals surface area contributed by atoms with E-state index in [0.29, 0.717) is 31.9 Å². The second kappa shape index (κ2) is 5.44. The lowest BCUT2D eigenvalue weighted by molar-refractivity contribution is 0.425. The molecule has 0 unspecified atom stereocenters. The van der Waals surface area contributed by atoms with Crippen molar-refractivity contribution < 1.29 is 18.5 Å². The van der Waals surface area contributed by atoms with Crippen LogP contribution in [-0.4, -0.2) is 60.1 Å². The molecule has 1 fully saturated rings. The van der Waals surface area contributed by atoms with Crippen LogP contribution in [0, 0.1) is 0 Å². The molecule has 9 heteroatoms. The molecular formula is C10H16BN3O4S. The molecule has 0 radical (unpaired) electrons. The zero-order valence-corrected chi connectivity index (χ0v) is 11.4. The summed E-state index contributed by atoms with van der Waals surface area (Å²) in [6, 6.07) is 0. The van der Waals surface area contributed by atoms with Crippen LogP contribution in [0.1, 0.15) is 12.8 Å². The quantitative estimate of drug-likeness (QED) is 0.629. The van der Waals surface area contributed by atoms with E-state index in [0.717, 1.165) is 0 Å². The Morgan fingerprint density at radius 1 is 1.26 bits per heavy atom. The summed E-state index contributed by atoms with van der Waals surface area (Å²) in [7, 11) is -4.56. The van der Waals surface area contributed by atoms with E-state index >= 15 is 0 Å². The first kappa shape index (κ1) is 14.2. The van der Waals surface area contributed by atoms with Gasteiger partial charge in [0.25, 0.3) is 0 Å². The van der Waals surface area contributed by atoms with Gasteiger partial charge in [0.15, 0.2) is 0 Å². The second-order valence-corrected chi connectivity index (χ2v) is 7.03. The number of hydrogen-bond donors (Lipinski definition) is 2. The van der Waals surface area contributed by atoms with Crippen molar-refractivity contribution in [3.63, 3.8) is 0 Å². The summed E-state index contributed by atoms with van der Waals surface area (Å²) in [4.78, 5) is 10.0. The molecule has 0 spiro atoms. The van der Waals surface area contributed by atoms with E-state index < -0.39 is 17.0 Å². The van der Waals surface area contributed by atoms with E-state index in [2.05, 4.69) is 9.97 Å². The Bertz CT molecular complexity index is 526. The van der Waals surface area contributed by atoms with Crippen molar-refractivity contribution in [3.05, 3.63) is 12.4 Å². The lowest BCUT2D eigenvalue weighted by Gasteiger charge is -2.30. The van der Waals surface area contributed by atoms with Crippen molar-refractivity contribution in [2.24, 2.45) is 0 Å². The molecule has 1 aliphatic rings. The highest BCUT2D eigenvalue weighted by Crippen LogP contribution is 2.19. The summed E-state index contributed by atoms with van der Waals surface area (Å²) >= 11 is 0. The molecule has 1 aliphatic heterocycles. The number of rotatable bonds is 3. The van der Waals surface area contributed by atoms with Gasteiger partial charge in [-0.15, -0.1) is 0 Å². The van der Waals surface area contributed by atoms with Crippen LogP contribution in [0.2, 0.25) is 0 Å². The summed E-state index contributed by atoms with van der Waals surface area (Å²) in [6.07, 6.45) is 5.10. The molecule has 0 saturated carbocycles. The minimum atomic E-state index is -2.98. The SMILES string of the molecule is CS(=O)(=O)C1CCN(c2ncc(B(O)O)cn2)CC1. The number of aromatic nitrogens is 2. The molecule has 0 bridgehead atoms. The Kier molecular flexibility index (Phi) is 4.07. The van der Waals surface area contributed by atoms with Gasteiger partial charge in [-0.3, -0.25) is 0 Å². The van der Waals surface area contributed by atoms with Gasteiger partial charge in [-0.25, -0.2) is 18.4 Å². The average molecular weight is 285 g/mol. The van der Waals surface area contributed by atoms with Crippen molar-refractivity contribution >= 4 is 28.4 Å². The van der Waals surface area contributed by atoms with Gasteiger partial charge in [0, 0.05) is 37.2 Å². The van der Waals surface area contributed by atoms with Crippen molar-refractivity contribution in [2.75, 3.05) is 24.2 Å². The molecular weight excluding hydrogens is 269 g/mol. The summed E-state index contributed by atoms with van der Waals surface area (Å²) < 4.78 is 22.9. The predicted molar refractivity (Wildman–Crippen MR) is 71.9 cm³/mol. The van der Waals surface area contributed by atoms with Gasteiger partial charge in [-0.1, -0.05) is 0 Å². The van der Waals surface area contributed by atoms with Crippen LogP contribution in [0.4, 0.5) is 5.95 Å². The maximum atomic E-state index is 11.4. The molecule has 2 rings (SSSR count). The highest BCUT2D eigenvalue weighted by Gasteiger charge is 2.27. The van der Waals surface area contributed by atoms with Crippen LogP contribution in [0.25, 0.3) is 0 Å². The van der Waals surface area contributed by atoms with E-state index in [4.69, 9.17) is 10.0 Å². The second-order valence-electron chi connectivity index (χ2n) is 4.71. The van der Waals surface area contributed by atoms with Gasteiger partial charge < -0.3 is 14.9 Å². The van der Waals surface area contributed by atoms with Gasteiger partial charge in [0.05, 0.1) is 5.25 Å². The van der Waals surface area contributed by atoms with Crippen LogP contribution >= 0.6 is 0 Å². The van der Waals surface area contributed by atoms with E-state index in [1.807, 2.05) is 4.90 Å². The topological polar surface area (TPSA) is 104 Å². The molecule has 19 heavy (non-hydrogen) atoms. The molecule has 104 valence electrons. The molecule has 1 aromatic heterocycles. The van der Waals surface area contributed by atoms with E-state index in [-0.39, 0.29) is 10.7 Å². The van der Waals surface area contributed by atoms with Gasteiger partial charge >= 0.3 is 7.12 Å². The molecule has 0 aromatic carbocycles. The van der Waals surface area contributed by atoms with Crippen LogP contribution in [-0.2, 0) is 9.84 Å². The Labute approximate surface area is 112 Å². The Hall–Kier alpha value is -1.19. The third-order valence-electron chi connectivity index (χ3n) is 3.29. The molecule has 0 amide bonds. The largest absolute Gasteiger partial charge is 0.491 e. The zero-order chi connectivity index (χ0) is 14.0. The zero-order valence-electron chi connectivity index (χ0n) is 10.6. The van der Waals surface area contributed by atoms with E-state index in [1.165, 1.54) is 18.6 Å². The Morgan fingerprint density at radius 3 is 2.21 bits per heavy atom. The summed E-state index contributed by atoms with van der Waals surface area (Å²) in [5, 5.41) is 17.6. The van der Waals surface area contributed by atoms with Crippen molar-refractivity contribution in [3.8, 4) is 0 Å². The molecule has 2 heterocycles. The Balaban J connectivity index is 2.02. The maximum absolute atomic E-state index is 11.4. The van der Waals surface area contributed by atoms with Crippen LogP contribution in [0.15, 0.2) is 12.4 Å². The number of sulfone groups is 1. The van der Waals surface area contributed by atoms with Gasteiger partial charge in [-0.05, 0) is 12.8 Å². The first-order valence-corrected chi connectivity index (χ1v) is 7.95. The van der Waals surface area contributed by atoms with Crippen LogP contribution in [0.3, 0.4) is 0 Å². The monoisotopic (exact) mass is 285 g/mol. The molecule has 0 aliphatic carbocycles. The van der Waals surface area contributed by atoms with Crippen LogP contribution < -0.4 is 10.4 Å². The fourth-order valence-corrected chi connectivity index (χ4v) is 3.18. The fourth-order valence-electron chi connectivity index (χ4n) is 2.11. The van der Waals surface area contributed by atoms with E-state index in [9.17, 15) is 8.42 Å². The minimum absolute atomic E-state index is 0.231. The predicted octanol–water partition coefficient (Wildman–Crippen LogP) is -1.83. The highest BCUT2D eigenvalue weighted by atomic mass is 32.2. The number of anilines is 1. The van der Waals surface area contributed by atoms with E-state index in [1.54, 1.807) is 0 Å². The molecule has 1 saturated heterocycles. The lowest BCUT2D eigenvalue weighted by Crippen LogP contribution is -2.40. The van der Waals surface area contributed by atoms with Crippen LogP contribution in [0.5, 0.6) is 0 Å². The fraction of sp³-hybridized carbons (Fsp3) is 0.600. The number of piperidine rings is 1. The first-order chi connectivity index (χ1) is 8.88. The molecule has 7 nitrogen and oxygen atoms in total. The highest BCUT2D eigenvalue weighted by molar-refractivity contribution is 7.91. The van der Waals surface area contributed by atoms with Gasteiger partial charge in [0.2, 0.25) is 5.95 Å². The lowest BCUT2D eigenvalue weighted by atomic mass is 9.83. The first-order valence-electron chi connectivity index (χ1n) is 6.00. The van der Waals surface area contributed by atoms with Crippen molar-refractivity contribution in [1.29, 1.82) is 0 Å². The molecule has 1 aromatic rings. The summed E-state index contributed by atoms with van der Waals surface area (Å²) in [5.41, 5.74) is 0.231. The van der Waals surface area contributed by atoms with Gasteiger partial charge in [-0.2, -0.15) is 0 Å². The normalized spacial score (nSPS) is 17.5. The van der Waals surface area contributed by atoms with Gasteiger partial charge in [0.1, 0.15) is 9.84 Å². The Morgan fingerprint density at radius 2 is 1.79 bits per heavy atom. The molecule has 2 N–H and O–H groups in total. The third-order valence-corrected chi connectivity index (χ3v) is 4.97. The third kappa shape index (κ3) is 3.43. The minimum Gasteiger partial charge on any atom is -0.423 e. The standard InChI is InChI=1S/C10H16BN3O4S/c1-19(17,18)9-2-4-14(5-3-9)10-12-6-8(7-13-10)11(15)16/h6-7,9,15-16H,2-5H2,1H3.